The Morgan fingerprint density at radius 2 is 1.71 bits per heavy atom. The molecule has 1 fully saturated rings. The van der Waals surface area contributed by atoms with E-state index in [-0.39, 0.29) is 17.9 Å². The van der Waals surface area contributed by atoms with Crippen LogP contribution in [0.15, 0.2) is 53.9 Å². The maximum absolute atomic E-state index is 14.1. The van der Waals surface area contributed by atoms with Crippen molar-refractivity contribution < 1.29 is 9.18 Å². The number of halogens is 1. The van der Waals surface area contributed by atoms with Crippen LogP contribution in [0.1, 0.15) is 32.1 Å². The van der Waals surface area contributed by atoms with Gasteiger partial charge >= 0.3 is 6.03 Å². The van der Waals surface area contributed by atoms with Gasteiger partial charge in [0, 0.05) is 22.5 Å². The second-order valence-electron chi connectivity index (χ2n) is 7.00. The first-order valence-electron chi connectivity index (χ1n) is 9.58. The van der Waals surface area contributed by atoms with Gasteiger partial charge in [0.05, 0.1) is 11.4 Å². The molecule has 2 aromatic carbocycles. The Morgan fingerprint density at radius 3 is 2.50 bits per heavy atom. The van der Waals surface area contributed by atoms with E-state index in [0.717, 1.165) is 24.1 Å². The summed E-state index contributed by atoms with van der Waals surface area (Å²) in [5.74, 6) is -0.290. The molecule has 4 rings (SSSR count). The van der Waals surface area contributed by atoms with Crippen molar-refractivity contribution in [2.75, 3.05) is 5.32 Å². The molecule has 0 bridgehead atoms. The maximum Gasteiger partial charge on any atom is 0.319 e. The Morgan fingerprint density at radius 1 is 1.00 bits per heavy atom. The quantitative estimate of drug-likeness (QED) is 0.563. The summed E-state index contributed by atoms with van der Waals surface area (Å²) in [4.78, 5) is 17.0. The van der Waals surface area contributed by atoms with E-state index in [2.05, 4.69) is 15.6 Å². The number of para-hydroxylation sites is 1. The van der Waals surface area contributed by atoms with Gasteiger partial charge in [-0.3, -0.25) is 0 Å². The minimum atomic E-state index is -0.290. The Kier molecular flexibility index (Phi) is 5.67. The molecule has 1 aromatic heterocycles. The van der Waals surface area contributed by atoms with Gasteiger partial charge in [-0.05, 0) is 31.0 Å². The smallest absolute Gasteiger partial charge is 0.319 e. The van der Waals surface area contributed by atoms with Crippen molar-refractivity contribution in [2.45, 2.75) is 38.1 Å². The Bertz CT molecular complexity index is 966. The Hall–Kier alpha value is -2.73. The zero-order valence-electron chi connectivity index (χ0n) is 15.5. The number of nitrogens with one attached hydrogen (secondary N) is 2. The van der Waals surface area contributed by atoms with Crippen LogP contribution in [0, 0.1) is 5.82 Å². The molecule has 0 saturated heterocycles. The van der Waals surface area contributed by atoms with Crippen molar-refractivity contribution in [3.05, 3.63) is 59.7 Å². The van der Waals surface area contributed by atoms with Crippen LogP contribution >= 0.6 is 11.3 Å². The molecule has 1 aliphatic carbocycles. The van der Waals surface area contributed by atoms with E-state index in [0.29, 0.717) is 16.3 Å². The van der Waals surface area contributed by atoms with E-state index in [4.69, 9.17) is 0 Å². The van der Waals surface area contributed by atoms with Gasteiger partial charge in [0.1, 0.15) is 10.8 Å². The van der Waals surface area contributed by atoms with Crippen molar-refractivity contribution in [3.8, 4) is 21.8 Å². The molecule has 0 aliphatic heterocycles. The number of nitrogens with zero attached hydrogens (tertiary/aromatic N) is 1. The minimum absolute atomic E-state index is 0.191. The molecule has 144 valence electrons. The lowest BCUT2D eigenvalue weighted by Gasteiger charge is -2.23. The first kappa shape index (κ1) is 18.6. The second-order valence-corrected chi connectivity index (χ2v) is 7.85. The molecule has 1 saturated carbocycles. The molecule has 2 amide bonds. The number of urea groups is 1. The lowest BCUT2D eigenvalue weighted by molar-refractivity contribution is 0.244. The van der Waals surface area contributed by atoms with Gasteiger partial charge in [-0.25, -0.2) is 14.2 Å². The van der Waals surface area contributed by atoms with Crippen LogP contribution < -0.4 is 10.6 Å². The summed E-state index contributed by atoms with van der Waals surface area (Å²) in [6.07, 6.45) is 5.65. The van der Waals surface area contributed by atoms with Gasteiger partial charge < -0.3 is 10.6 Å². The van der Waals surface area contributed by atoms with E-state index in [1.54, 1.807) is 18.2 Å². The summed E-state index contributed by atoms with van der Waals surface area (Å²) in [6.45, 7) is 0. The summed E-state index contributed by atoms with van der Waals surface area (Å²) in [5.41, 5.74) is 2.72. The Labute approximate surface area is 167 Å². The number of aromatic nitrogens is 1. The van der Waals surface area contributed by atoms with Gasteiger partial charge in [0.15, 0.2) is 0 Å². The largest absolute Gasteiger partial charge is 0.335 e. The van der Waals surface area contributed by atoms with Crippen LogP contribution in [-0.4, -0.2) is 17.1 Å². The SMILES string of the molecule is O=C(Nc1ccccc1-c1csc(-c2ccccc2F)n1)NC1CCCCC1. The normalized spacial score (nSPS) is 14.6. The van der Waals surface area contributed by atoms with Crippen LogP contribution in [0.2, 0.25) is 0 Å². The molecule has 2 N–H and O–H groups in total. The van der Waals surface area contributed by atoms with Gasteiger partial charge in [-0.2, -0.15) is 0 Å². The van der Waals surface area contributed by atoms with Crippen LogP contribution in [0.3, 0.4) is 0 Å². The molecule has 3 aromatic rings. The molecule has 1 aliphatic rings. The average Bonchev–Trinajstić information content (AvgIpc) is 3.19. The lowest BCUT2D eigenvalue weighted by atomic mass is 9.96. The second kappa shape index (κ2) is 8.52. The highest BCUT2D eigenvalue weighted by Gasteiger charge is 2.17. The number of thiazole rings is 1. The number of rotatable bonds is 4. The summed E-state index contributed by atoms with van der Waals surface area (Å²) in [6, 6.07) is 14.2. The van der Waals surface area contributed by atoms with E-state index >= 15 is 0 Å². The summed E-state index contributed by atoms with van der Waals surface area (Å²) >= 11 is 1.39. The average molecular weight is 396 g/mol. The predicted molar refractivity (Wildman–Crippen MR) is 112 cm³/mol. The molecule has 28 heavy (non-hydrogen) atoms. The number of anilines is 1. The van der Waals surface area contributed by atoms with Crippen molar-refractivity contribution >= 4 is 23.1 Å². The van der Waals surface area contributed by atoms with Gasteiger partial charge in [-0.15, -0.1) is 11.3 Å². The number of carbonyl (C=O) groups is 1. The number of hydrogen-bond acceptors (Lipinski definition) is 3. The molecule has 1 heterocycles. The van der Waals surface area contributed by atoms with Crippen molar-refractivity contribution in [1.82, 2.24) is 10.3 Å². The van der Waals surface area contributed by atoms with E-state index in [9.17, 15) is 9.18 Å². The third-order valence-electron chi connectivity index (χ3n) is 5.00. The monoisotopic (exact) mass is 395 g/mol. The fourth-order valence-corrected chi connectivity index (χ4v) is 4.41. The number of amides is 2. The van der Waals surface area contributed by atoms with Crippen molar-refractivity contribution in [2.24, 2.45) is 0 Å². The number of carbonyl (C=O) groups excluding carboxylic acids is 1. The highest BCUT2D eigenvalue weighted by atomic mass is 32.1. The molecule has 0 atom stereocenters. The van der Waals surface area contributed by atoms with Crippen LogP contribution in [0.5, 0.6) is 0 Å². The Balaban J connectivity index is 1.53. The molecule has 4 nitrogen and oxygen atoms in total. The zero-order valence-corrected chi connectivity index (χ0v) is 16.3. The van der Waals surface area contributed by atoms with Crippen LogP contribution in [-0.2, 0) is 0 Å². The molecule has 0 radical (unpaired) electrons. The van der Waals surface area contributed by atoms with Crippen LogP contribution in [0.25, 0.3) is 21.8 Å². The molecule has 6 heteroatoms. The maximum atomic E-state index is 14.1. The highest BCUT2D eigenvalue weighted by Crippen LogP contribution is 2.33. The first-order chi connectivity index (χ1) is 13.7. The third kappa shape index (κ3) is 4.22. The molecule has 0 unspecified atom stereocenters. The summed E-state index contributed by atoms with van der Waals surface area (Å²) in [7, 11) is 0. The van der Waals surface area contributed by atoms with Crippen molar-refractivity contribution in [3.63, 3.8) is 0 Å². The van der Waals surface area contributed by atoms with Crippen LogP contribution in [0.4, 0.5) is 14.9 Å². The standard InChI is InChI=1S/C22H22FN3OS/c23-18-12-6-4-10-16(18)21-25-20(14-28-21)17-11-5-7-13-19(17)26-22(27)24-15-8-2-1-3-9-15/h4-7,10-15H,1-3,8-9H2,(H2,24,26,27). The van der Waals surface area contributed by atoms with E-state index < -0.39 is 0 Å². The topological polar surface area (TPSA) is 54.0 Å². The highest BCUT2D eigenvalue weighted by molar-refractivity contribution is 7.13. The summed E-state index contributed by atoms with van der Waals surface area (Å²) < 4.78 is 14.1. The van der Waals surface area contributed by atoms with Gasteiger partial charge in [0.2, 0.25) is 0 Å². The lowest BCUT2D eigenvalue weighted by Crippen LogP contribution is -2.39. The predicted octanol–water partition coefficient (Wildman–Crippen LogP) is 6.07. The molecular weight excluding hydrogens is 373 g/mol. The molecular formula is C22H22FN3OS. The van der Waals surface area contributed by atoms with Crippen molar-refractivity contribution in [1.29, 1.82) is 0 Å². The van der Waals surface area contributed by atoms with E-state index in [1.165, 1.54) is 36.7 Å². The minimum Gasteiger partial charge on any atom is -0.335 e. The first-order valence-corrected chi connectivity index (χ1v) is 10.5. The van der Waals surface area contributed by atoms with Gasteiger partial charge in [0.25, 0.3) is 0 Å². The van der Waals surface area contributed by atoms with Gasteiger partial charge in [-0.1, -0.05) is 49.6 Å². The fraction of sp³-hybridized carbons (Fsp3) is 0.273. The number of hydrogen-bond donors (Lipinski definition) is 2. The number of benzene rings is 2. The zero-order chi connectivity index (χ0) is 19.3. The van der Waals surface area contributed by atoms with E-state index in [1.807, 2.05) is 29.6 Å². The molecule has 0 spiro atoms. The fourth-order valence-electron chi connectivity index (χ4n) is 3.56. The summed E-state index contributed by atoms with van der Waals surface area (Å²) in [5, 5.41) is 8.53. The third-order valence-corrected chi connectivity index (χ3v) is 5.88.